The van der Waals surface area contributed by atoms with Crippen LogP contribution in [0.5, 0.6) is 0 Å². The van der Waals surface area contributed by atoms with Crippen LogP contribution in [0.1, 0.15) is 37.0 Å². The molecule has 0 bridgehead atoms. The number of likely N-dealkylation sites (N-methyl/N-ethyl adjacent to an activating group) is 1. The van der Waals surface area contributed by atoms with Gasteiger partial charge in [0.15, 0.2) is 0 Å². The molecule has 1 saturated heterocycles. The summed E-state index contributed by atoms with van der Waals surface area (Å²) in [6.07, 6.45) is 2.01. The number of aryl methyl sites for hydroxylation is 2. The van der Waals surface area contributed by atoms with Crippen LogP contribution in [0.2, 0.25) is 0 Å². The van der Waals surface area contributed by atoms with Crippen LogP contribution >= 0.6 is 0 Å². The lowest BCUT2D eigenvalue weighted by Gasteiger charge is -2.39. The Balaban J connectivity index is 1.27. The Morgan fingerprint density at radius 1 is 1.15 bits per heavy atom. The van der Waals surface area contributed by atoms with Crippen molar-refractivity contribution in [1.29, 1.82) is 0 Å². The Labute approximate surface area is 230 Å². The van der Waals surface area contributed by atoms with Crippen LogP contribution < -0.4 is 10.2 Å². The number of carbonyl (C=O) groups excluding carboxylic acids is 1. The lowest BCUT2D eigenvalue weighted by Crippen LogP contribution is -2.54. The molecule has 1 aliphatic heterocycles. The van der Waals surface area contributed by atoms with Crippen LogP contribution in [0.25, 0.3) is 22.4 Å². The summed E-state index contributed by atoms with van der Waals surface area (Å²) in [6.45, 7) is 5.70. The van der Waals surface area contributed by atoms with Gasteiger partial charge in [0.1, 0.15) is 11.4 Å². The van der Waals surface area contributed by atoms with Gasteiger partial charge >= 0.3 is 0 Å². The van der Waals surface area contributed by atoms with E-state index in [-0.39, 0.29) is 5.91 Å². The summed E-state index contributed by atoms with van der Waals surface area (Å²) in [5.41, 5.74) is 3.40. The summed E-state index contributed by atoms with van der Waals surface area (Å²) in [5.74, 6) is 2.40. The van der Waals surface area contributed by atoms with Gasteiger partial charge in [0.05, 0.1) is 17.6 Å². The van der Waals surface area contributed by atoms with E-state index in [0.29, 0.717) is 24.2 Å². The Kier molecular flexibility index (Phi) is 6.40. The highest BCUT2D eigenvalue weighted by atomic mass is 16.5. The zero-order valence-corrected chi connectivity index (χ0v) is 22.9. The van der Waals surface area contributed by atoms with E-state index in [2.05, 4.69) is 40.6 Å². The second-order valence-corrected chi connectivity index (χ2v) is 10.2. The van der Waals surface area contributed by atoms with Gasteiger partial charge in [0.25, 0.3) is 5.91 Å². The lowest BCUT2D eigenvalue weighted by molar-refractivity contribution is -0.135. The Hall–Kier alpha value is -4.81. The van der Waals surface area contributed by atoms with Gasteiger partial charge in [0.2, 0.25) is 17.7 Å². The third-order valence-corrected chi connectivity index (χ3v) is 7.79. The summed E-state index contributed by atoms with van der Waals surface area (Å²) in [7, 11) is 3.83. The van der Waals surface area contributed by atoms with E-state index in [9.17, 15) is 4.79 Å². The van der Waals surface area contributed by atoms with E-state index in [1.165, 1.54) is 0 Å². The molecule has 6 rings (SSSR count). The molecule has 1 unspecified atom stereocenters. The number of aromatic amines is 1. The summed E-state index contributed by atoms with van der Waals surface area (Å²) in [5, 5.41) is 21.7. The molecule has 1 fully saturated rings. The molecule has 4 heterocycles. The van der Waals surface area contributed by atoms with E-state index in [4.69, 9.17) is 9.51 Å². The van der Waals surface area contributed by atoms with Crippen molar-refractivity contribution in [3.63, 3.8) is 0 Å². The predicted octanol–water partition coefficient (Wildman–Crippen LogP) is 3.03. The highest BCUT2D eigenvalue weighted by Crippen LogP contribution is 2.35. The first kappa shape index (κ1) is 25.5. The normalized spacial score (nSPS) is 14.9. The van der Waals surface area contributed by atoms with Gasteiger partial charge in [-0.25, -0.2) is 10.1 Å². The standard InChI is InChI=1S/C27H31N11O2/c1-17-29-24(33-40-17)18-7-10-20(11-8-18)28-16-23-30-21-15-19(9-12-22(21)36(23)3)27(2,25(39)38-13-5-6-14-38)37(4)26-31-34-35-32-26/h7-12,15,28H,5-6,13-14,16H2,1-4H3,(H,31,32,34,35). The summed E-state index contributed by atoms with van der Waals surface area (Å²) in [6, 6.07) is 13.9. The second kappa shape index (κ2) is 10.1. The fourth-order valence-corrected chi connectivity index (χ4v) is 5.24. The molecule has 0 spiro atoms. The number of nitrogens with zero attached hydrogens (tertiary/aromatic N) is 9. The molecule has 40 heavy (non-hydrogen) atoms. The number of hydrogen-bond donors (Lipinski definition) is 2. The number of rotatable bonds is 8. The number of fused-ring (bicyclic) bond motifs is 1. The number of imidazole rings is 1. The van der Waals surface area contributed by atoms with Crippen molar-refractivity contribution in [2.45, 2.75) is 38.8 Å². The minimum Gasteiger partial charge on any atom is -0.378 e. The molecule has 206 valence electrons. The van der Waals surface area contributed by atoms with Crippen molar-refractivity contribution >= 4 is 28.6 Å². The van der Waals surface area contributed by atoms with Gasteiger partial charge in [-0.1, -0.05) is 16.3 Å². The first-order valence-corrected chi connectivity index (χ1v) is 13.2. The highest BCUT2D eigenvalue weighted by molar-refractivity contribution is 5.92. The maximum Gasteiger partial charge on any atom is 0.252 e. The van der Waals surface area contributed by atoms with Gasteiger partial charge in [-0.3, -0.25) is 4.79 Å². The quantitative estimate of drug-likeness (QED) is 0.300. The molecule has 3 aromatic heterocycles. The topological polar surface area (TPSA) is 147 Å². The van der Waals surface area contributed by atoms with E-state index < -0.39 is 5.54 Å². The molecule has 2 aromatic carbocycles. The largest absolute Gasteiger partial charge is 0.378 e. The van der Waals surface area contributed by atoms with Crippen LogP contribution in [-0.4, -0.2) is 71.3 Å². The highest BCUT2D eigenvalue weighted by Gasteiger charge is 2.44. The van der Waals surface area contributed by atoms with Crippen LogP contribution in [0, 0.1) is 6.92 Å². The smallest absolute Gasteiger partial charge is 0.252 e. The van der Waals surface area contributed by atoms with E-state index in [0.717, 1.165) is 59.6 Å². The fourth-order valence-electron chi connectivity index (χ4n) is 5.24. The molecule has 1 aliphatic rings. The number of likely N-dealkylation sites (tertiary alicyclic amines) is 1. The fraction of sp³-hybridized carbons (Fsp3) is 0.370. The lowest BCUT2D eigenvalue weighted by atomic mass is 9.88. The number of benzene rings is 2. The molecule has 0 radical (unpaired) electrons. The molecule has 0 aliphatic carbocycles. The first-order chi connectivity index (χ1) is 19.3. The summed E-state index contributed by atoms with van der Waals surface area (Å²) >= 11 is 0. The minimum absolute atomic E-state index is 0.0144. The Bertz CT molecular complexity index is 1630. The average Bonchev–Trinajstić information content (AvgIpc) is 3.79. The molecule has 13 nitrogen and oxygen atoms in total. The number of hydrogen-bond acceptors (Lipinski definition) is 10. The molecule has 5 aromatic rings. The van der Waals surface area contributed by atoms with Crippen molar-refractivity contribution in [2.24, 2.45) is 7.05 Å². The van der Waals surface area contributed by atoms with E-state index >= 15 is 0 Å². The summed E-state index contributed by atoms with van der Waals surface area (Å²) in [4.78, 5) is 26.9. The van der Waals surface area contributed by atoms with Gasteiger partial charge < -0.3 is 24.2 Å². The number of anilines is 2. The molecule has 1 atom stereocenters. The van der Waals surface area contributed by atoms with Gasteiger partial charge in [0, 0.05) is 45.4 Å². The minimum atomic E-state index is -1.03. The van der Waals surface area contributed by atoms with Gasteiger partial charge in [-0.15, -0.1) is 0 Å². The van der Waals surface area contributed by atoms with Gasteiger partial charge in [-0.05, 0) is 72.2 Å². The number of carbonyl (C=O) groups is 1. The van der Waals surface area contributed by atoms with Crippen LogP contribution in [0.15, 0.2) is 47.0 Å². The molecule has 13 heteroatoms. The van der Waals surface area contributed by atoms with Crippen LogP contribution in [-0.2, 0) is 23.9 Å². The number of aromatic nitrogens is 8. The molecular weight excluding hydrogens is 510 g/mol. The monoisotopic (exact) mass is 541 g/mol. The Morgan fingerprint density at radius 2 is 1.93 bits per heavy atom. The molecule has 0 saturated carbocycles. The van der Waals surface area contributed by atoms with Gasteiger partial charge in [-0.2, -0.15) is 4.98 Å². The van der Waals surface area contributed by atoms with Crippen LogP contribution in [0.3, 0.4) is 0 Å². The number of tetrazole rings is 1. The van der Waals surface area contributed by atoms with Crippen LogP contribution in [0.4, 0.5) is 11.6 Å². The average molecular weight is 542 g/mol. The van der Waals surface area contributed by atoms with Crippen molar-refractivity contribution in [3.05, 3.63) is 59.7 Å². The van der Waals surface area contributed by atoms with Crippen molar-refractivity contribution < 1.29 is 9.32 Å². The maximum atomic E-state index is 13.9. The maximum absolute atomic E-state index is 13.9. The Morgan fingerprint density at radius 3 is 2.60 bits per heavy atom. The van der Waals surface area contributed by atoms with Crippen molar-refractivity contribution in [1.82, 2.24) is 45.2 Å². The predicted molar refractivity (Wildman–Crippen MR) is 148 cm³/mol. The zero-order valence-electron chi connectivity index (χ0n) is 22.9. The zero-order chi connectivity index (χ0) is 27.9. The first-order valence-electron chi connectivity index (χ1n) is 13.2. The van der Waals surface area contributed by atoms with Crippen molar-refractivity contribution in [3.8, 4) is 11.4 Å². The molecular formula is C27H31N11O2. The van der Waals surface area contributed by atoms with E-state index in [1.54, 1.807) is 11.8 Å². The third-order valence-electron chi connectivity index (χ3n) is 7.79. The SMILES string of the molecule is Cc1nc(-c2ccc(NCc3nc4cc(C(C)(C(=O)N5CCCC5)N(C)c5nnn[nH]5)ccc4n3C)cc2)no1. The molecule has 1 amide bonds. The number of nitrogens with one attached hydrogen (secondary N) is 2. The van der Waals surface area contributed by atoms with E-state index in [1.807, 2.05) is 68.4 Å². The third kappa shape index (κ3) is 4.42. The van der Waals surface area contributed by atoms with Crippen molar-refractivity contribution in [2.75, 3.05) is 30.4 Å². The second-order valence-electron chi connectivity index (χ2n) is 10.2. The summed E-state index contributed by atoms with van der Waals surface area (Å²) < 4.78 is 7.14. The number of H-pyrrole nitrogens is 1. The number of amides is 1. The molecule has 2 N–H and O–H groups in total.